The van der Waals surface area contributed by atoms with Gasteiger partial charge in [0, 0.05) is 24.5 Å². The molecule has 0 saturated heterocycles. The smallest absolute Gasteiger partial charge is 0.389 e. The van der Waals surface area contributed by atoms with Crippen molar-refractivity contribution >= 4 is 34.1 Å². The number of alkyl halides is 3. The zero-order valence-corrected chi connectivity index (χ0v) is 14.5. The van der Waals surface area contributed by atoms with Crippen molar-refractivity contribution in [1.29, 1.82) is 0 Å². The van der Waals surface area contributed by atoms with E-state index in [4.69, 9.17) is 27.9 Å². The van der Waals surface area contributed by atoms with Crippen LogP contribution in [-0.2, 0) is 6.54 Å². The van der Waals surface area contributed by atoms with Crippen LogP contribution >= 0.6 is 23.2 Å². The summed E-state index contributed by atoms with van der Waals surface area (Å²) in [6.45, 7) is -0.0281. The van der Waals surface area contributed by atoms with E-state index in [1.165, 1.54) is 16.9 Å². The number of aromatic nitrogens is 3. The van der Waals surface area contributed by atoms with Crippen LogP contribution in [0.3, 0.4) is 0 Å². The van der Waals surface area contributed by atoms with Gasteiger partial charge in [-0.2, -0.15) is 18.3 Å². The molecule has 0 N–H and O–H groups in total. The van der Waals surface area contributed by atoms with Gasteiger partial charge in [-0.15, -0.1) is 0 Å². The summed E-state index contributed by atoms with van der Waals surface area (Å²) in [4.78, 5) is 3.77. The third-order valence-electron chi connectivity index (χ3n) is 3.50. The maximum Gasteiger partial charge on any atom is 0.389 e. The number of benzene rings is 1. The van der Waals surface area contributed by atoms with Crippen molar-refractivity contribution < 1.29 is 22.3 Å². The Balaban J connectivity index is 1.95. The maximum absolute atomic E-state index is 13.9. The van der Waals surface area contributed by atoms with E-state index in [1.54, 1.807) is 12.1 Å². The van der Waals surface area contributed by atoms with E-state index < -0.39 is 18.4 Å². The van der Waals surface area contributed by atoms with Crippen molar-refractivity contribution in [2.24, 2.45) is 0 Å². The molecular formula is C16H11Cl2F4N3O. The Morgan fingerprint density at radius 3 is 2.65 bits per heavy atom. The number of hydrogen-bond acceptors (Lipinski definition) is 3. The van der Waals surface area contributed by atoms with Crippen LogP contribution in [-0.4, -0.2) is 20.9 Å². The molecule has 0 unspecified atom stereocenters. The molecule has 0 aliphatic heterocycles. The van der Waals surface area contributed by atoms with E-state index in [1.807, 2.05) is 0 Å². The van der Waals surface area contributed by atoms with Gasteiger partial charge in [-0.1, -0.05) is 29.3 Å². The molecule has 0 fully saturated rings. The molecule has 10 heteroatoms. The Morgan fingerprint density at radius 1 is 1.19 bits per heavy atom. The third kappa shape index (κ3) is 4.19. The molecule has 0 spiro atoms. The van der Waals surface area contributed by atoms with Crippen LogP contribution in [0.2, 0.25) is 10.2 Å². The van der Waals surface area contributed by atoms with Crippen molar-refractivity contribution in [2.45, 2.75) is 25.6 Å². The monoisotopic (exact) mass is 407 g/mol. The standard InChI is InChI=1S/C16H11Cl2F4N3O/c17-9-7-11(19)15(23-8-9)26-12-4-1-3-10-13(12)25(24-14(10)18)6-2-5-16(20,21)22/h1,3-4,7-8H,2,5-6H2. The lowest BCUT2D eigenvalue weighted by molar-refractivity contribution is -0.135. The summed E-state index contributed by atoms with van der Waals surface area (Å²) >= 11 is 11.7. The van der Waals surface area contributed by atoms with Crippen LogP contribution in [0.4, 0.5) is 17.6 Å². The highest BCUT2D eigenvalue weighted by atomic mass is 35.5. The molecular weight excluding hydrogens is 397 g/mol. The zero-order chi connectivity index (χ0) is 18.9. The van der Waals surface area contributed by atoms with Gasteiger partial charge in [-0.25, -0.2) is 9.37 Å². The van der Waals surface area contributed by atoms with Crippen molar-refractivity contribution in [3.05, 3.63) is 46.5 Å². The molecule has 2 heterocycles. The fraction of sp³-hybridized carbons (Fsp3) is 0.250. The SMILES string of the molecule is Fc1cc(Cl)cnc1Oc1cccc2c(Cl)nn(CCCC(F)(F)F)c12. The Bertz CT molecular complexity index is 943. The van der Waals surface area contributed by atoms with Gasteiger partial charge in [0.25, 0.3) is 5.88 Å². The molecule has 0 saturated carbocycles. The molecule has 2 aromatic heterocycles. The van der Waals surface area contributed by atoms with Gasteiger partial charge in [0.05, 0.1) is 5.02 Å². The lowest BCUT2D eigenvalue weighted by Gasteiger charge is -2.10. The van der Waals surface area contributed by atoms with Crippen LogP contribution in [0, 0.1) is 5.82 Å². The molecule has 3 aromatic rings. The number of halogens is 6. The Kier molecular flexibility index (Phi) is 5.24. The summed E-state index contributed by atoms with van der Waals surface area (Å²) in [6, 6.07) is 5.82. The second-order valence-electron chi connectivity index (χ2n) is 5.43. The summed E-state index contributed by atoms with van der Waals surface area (Å²) in [6.07, 6.45) is -4.18. The van der Waals surface area contributed by atoms with Gasteiger partial charge in [0.15, 0.2) is 16.7 Å². The average molecular weight is 408 g/mol. The highest BCUT2D eigenvalue weighted by molar-refractivity contribution is 6.34. The summed E-state index contributed by atoms with van der Waals surface area (Å²) in [7, 11) is 0. The second-order valence-corrected chi connectivity index (χ2v) is 6.22. The van der Waals surface area contributed by atoms with Crippen LogP contribution in [0.5, 0.6) is 11.6 Å². The fourth-order valence-corrected chi connectivity index (χ4v) is 2.81. The van der Waals surface area contributed by atoms with E-state index in [0.29, 0.717) is 10.9 Å². The normalized spacial score (nSPS) is 11.9. The third-order valence-corrected chi connectivity index (χ3v) is 3.98. The molecule has 0 radical (unpaired) electrons. The van der Waals surface area contributed by atoms with Gasteiger partial charge in [0.2, 0.25) is 0 Å². The Hall–Kier alpha value is -2.06. The highest BCUT2D eigenvalue weighted by Gasteiger charge is 2.26. The van der Waals surface area contributed by atoms with Gasteiger partial charge in [-0.05, 0) is 24.6 Å². The van der Waals surface area contributed by atoms with Crippen LogP contribution < -0.4 is 4.74 Å². The van der Waals surface area contributed by atoms with Gasteiger partial charge >= 0.3 is 6.18 Å². The first-order chi connectivity index (χ1) is 12.2. The Morgan fingerprint density at radius 2 is 1.96 bits per heavy atom. The molecule has 4 nitrogen and oxygen atoms in total. The predicted octanol–water partition coefficient (Wildman–Crippen LogP) is 6.01. The van der Waals surface area contributed by atoms with Crippen LogP contribution in [0.25, 0.3) is 10.9 Å². The molecule has 0 bridgehead atoms. The fourth-order valence-electron chi connectivity index (χ4n) is 2.42. The molecule has 138 valence electrons. The van der Waals surface area contributed by atoms with E-state index in [0.717, 1.165) is 6.07 Å². The molecule has 0 aliphatic carbocycles. The molecule has 26 heavy (non-hydrogen) atoms. The Labute approximate surface area is 155 Å². The van der Waals surface area contributed by atoms with Crippen LogP contribution in [0.15, 0.2) is 30.5 Å². The number of fused-ring (bicyclic) bond motifs is 1. The highest BCUT2D eigenvalue weighted by Crippen LogP contribution is 2.34. The molecule has 1 aromatic carbocycles. The van der Waals surface area contributed by atoms with Gasteiger partial charge < -0.3 is 4.74 Å². The molecule has 3 rings (SSSR count). The van der Waals surface area contributed by atoms with E-state index in [2.05, 4.69) is 10.1 Å². The van der Waals surface area contributed by atoms with E-state index in [-0.39, 0.29) is 34.8 Å². The van der Waals surface area contributed by atoms with Crippen molar-refractivity contribution in [2.75, 3.05) is 0 Å². The number of aryl methyl sites for hydroxylation is 1. The minimum atomic E-state index is -4.26. The largest absolute Gasteiger partial charge is 0.434 e. The van der Waals surface area contributed by atoms with Crippen molar-refractivity contribution in [3.63, 3.8) is 0 Å². The maximum atomic E-state index is 13.9. The number of nitrogens with zero attached hydrogens (tertiary/aromatic N) is 3. The van der Waals surface area contributed by atoms with Gasteiger partial charge in [0.1, 0.15) is 5.52 Å². The minimum absolute atomic E-state index is 0.0281. The lowest BCUT2D eigenvalue weighted by atomic mass is 10.2. The van der Waals surface area contributed by atoms with Crippen molar-refractivity contribution in [3.8, 4) is 11.6 Å². The average Bonchev–Trinajstić information content (AvgIpc) is 2.86. The number of ether oxygens (including phenoxy) is 1. The number of pyridine rings is 1. The number of para-hydroxylation sites is 1. The first kappa shape index (κ1) is 18.7. The first-order valence-corrected chi connectivity index (χ1v) is 8.21. The number of rotatable bonds is 5. The zero-order valence-electron chi connectivity index (χ0n) is 13.0. The molecule has 0 aliphatic rings. The van der Waals surface area contributed by atoms with Crippen molar-refractivity contribution in [1.82, 2.24) is 14.8 Å². The molecule has 0 atom stereocenters. The number of hydrogen-bond donors (Lipinski definition) is 0. The summed E-state index contributed by atoms with van der Waals surface area (Å²) in [5.41, 5.74) is 0.357. The first-order valence-electron chi connectivity index (χ1n) is 7.45. The predicted molar refractivity (Wildman–Crippen MR) is 89.3 cm³/mol. The summed E-state index contributed by atoms with van der Waals surface area (Å²) in [5, 5.41) is 4.74. The topological polar surface area (TPSA) is 39.9 Å². The van der Waals surface area contributed by atoms with Gasteiger partial charge in [-0.3, -0.25) is 4.68 Å². The van der Waals surface area contributed by atoms with E-state index >= 15 is 0 Å². The van der Waals surface area contributed by atoms with Crippen LogP contribution in [0.1, 0.15) is 12.8 Å². The van der Waals surface area contributed by atoms with E-state index in [9.17, 15) is 17.6 Å². The quantitative estimate of drug-likeness (QED) is 0.486. The lowest BCUT2D eigenvalue weighted by Crippen LogP contribution is -2.10. The minimum Gasteiger partial charge on any atom is -0.434 e. The summed E-state index contributed by atoms with van der Waals surface area (Å²) in [5.74, 6) is -0.924. The second kappa shape index (κ2) is 7.28. The summed E-state index contributed by atoms with van der Waals surface area (Å²) < 4.78 is 57.9. The molecule has 0 amide bonds.